The smallest absolute Gasteiger partial charge is 0.338 e. The number of carbonyl (C=O) groups is 1. The Labute approximate surface area is 136 Å². The molecule has 1 aromatic carbocycles. The lowest BCUT2D eigenvalue weighted by Gasteiger charge is -2.11. The average Bonchev–Trinajstić information content (AvgIpc) is 2.83. The summed E-state index contributed by atoms with van der Waals surface area (Å²) in [6.07, 6.45) is 0. The van der Waals surface area contributed by atoms with Gasteiger partial charge in [-0.2, -0.15) is 0 Å². The predicted molar refractivity (Wildman–Crippen MR) is 82.3 cm³/mol. The maximum Gasteiger partial charge on any atom is 0.338 e. The van der Waals surface area contributed by atoms with Crippen LogP contribution in [-0.2, 0) is 11.3 Å². The van der Waals surface area contributed by atoms with Gasteiger partial charge in [0.25, 0.3) is 0 Å². The summed E-state index contributed by atoms with van der Waals surface area (Å²) < 4.78 is 21.4. The molecule has 1 heterocycles. The van der Waals surface area contributed by atoms with Crippen LogP contribution in [0.1, 0.15) is 27.4 Å². The Morgan fingerprint density at radius 1 is 1.23 bits per heavy atom. The second kappa shape index (κ2) is 6.83. The normalized spacial score (nSPS) is 10.4. The summed E-state index contributed by atoms with van der Waals surface area (Å²) in [5.41, 5.74) is 1.81. The molecule has 0 radical (unpaired) electrons. The van der Waals surface area contributed by atoms with Crippen molar-refractivity contribution in [1.29, 1.82) is 0 Å². The molecule has 22 heavy (non-hydrogen) atoms. The summed E-state index contributed by atoms with van der Waals surface area (Å²) in [5, 5.41) is 3.82. The van der Waals surface area contributed by atoms with Crippen LogP contribution in [0.2, 0.25) is 0 Å². The van der Waals surface area contributed by atoms with Gasteiger partial charge in [-0.1, -0.05) is 5.16 Å². The number of benzene rings is 1. The molecule has 0 aliphatic heterocycles. The van der Waals surface area contributed by atoms with Gasteiger partial charge in [0.2, 0.25) is 0 Å². The number of carbonyl (C=O) groups excluding carboxylic acids is 1. The molecule has 118 valence electrons. The quantitative estimate of drug-likeness (QED) is 0.751. The summed E-state index contributed by atoms with van der Waals surface area (Å²) in [6, 6.07) is 3.17. The molecule has 7 heteroatoms. The van der Waals surface area contributed by atoms with Crippen molar-refractivity contribution in [3.8, 4) is 11.5 Å². The predicted octanol–water partition coefficient (Wildman–Crippen LogP) is 3.43. The standard InChI is InChI=1S/C15H16BrNO5/c1-8-11(9(2)22-17-8)7-21-15(18)10-5-12(19-3)14(16)13(6-10)20-4/h5-6H,7H2,1-4H3. The van der Waals surface area contributed by atoms with E-state index >= 15 is 0 Å². The second-order valence-corrected chi connectivity index (χ2v) is 5.37. The van der Waals surface area contributed by atoms with Gasteiger partial charge in [-0.25, -0.2) is 4.79 Å². The molecule has 0 bridgehead atoms. The first-order valence-electron chi connectivity index (χ1n) is 6.48. The van der Waals surface area contributed by atoms with Crippen molar-refractivity contribution in [1.82, 2.24) is 5.16 Å². The number of halogens is 1. The first-order chi connectivity index (χ1) is 10.5. The van der Waals surface area contributed by atoms with E-state index in [-0.39, 0.29) is 6.61 Å². The van der Waals surface area contributed by atoms with Gasteiger partial charge >= 0.3 is 5.97 Å². The molecule has 0 fully saturated rings. The van der Waals surface area contributed by atoms with Crippen molar-refractivity contribution < 1.29 is 23.5 Å². The Hall–Kier alpha value is -2.02. The monoisotopic (exact) mass is 369 g/mol. The van der Waals surface area contributed by atoms with Gasteiger partial charge in [0.05, 0.1) is 31.0 Å². The van der Waals surface area contributed by atoms with Crippen molar-refractivity contribution in [2.75, 3.05) is 14.2 Å². The Morgan fingerprint density at radius 3 is 2.27 bits per heavy atom. The van der Waals surface area contributed by atoms with E-state index in [1.807, 2.05) is 0 Å². The molecule has 0 atom stereocenters. The van der Waals surface area contributed by atoms with Gasteiger partial charge in [0, 0.05) is 0 Å². The van der Waals surface area contributed by atoms with Crippen molar-refractivity contribution in [2.24, 2.45) is 0 Å². The molecule has 0 saturated heterocycles. The first kappa shape index (κ1) is 16.4. The number of esters is 1. The lowest BCUT2D eigenvalue weighted by Crippen LogP contribution is -2.07. The van der Waals surface area contributed by atoms with E-state index in [0.29, 0.717) is 33.0 Å². The molecule has 0 amide bonds. The zero-order chi connectivity index (χ0) is 16.3. The zero-order valence-electron chi connectivity index (χ0n) is 12.7. The van der Waals surface area contributed by atoms with Crippen molar-refractivity contribution >= 4 is 21.9 Å². The van der Waals surface area contributed by atoms with Crippen LogP contribution in [0, 0.1) is 13.8 Å². The molecule has 0 spiro atoms. The summed E-state index contributed by atoms with van der Waals surface area (Å²) in [5.74, 6) is 1.13. The topological polar surface area (TPSA) is 70.8 Å². The van der Waals surface area contributed by atoms with E-state index in [1.54, 1.807) is 26.0 Å². The van der Waals surface area contributed by atoms with Crippen LogP contribution in [0.25, 0.3) is 0 Å². The van der Waals surface area contributed by atoms with Crippen LogP contribution in [-0.4, -0.2) is 25.3 Å². The molecule has 0 aliphatic rings. The summed E-state index contributed by atoms with van der Waals surface area (Å²) in [7, 11) is 3.02. The number of nitrogens with zero attached hydrogens (tertiary/aromatic N) is 1. The minimum Gasteiger partial charge on any atom is -0.495 e. The number of methoxy groups -OCH3 is 2. The van der Waals surface area contributed by atoms with Crippen LogP contribution in [0.15, 0.2) is 21.1 Å². The average molecular weight is 370 g/mol. The zero-order valence-corrected chi connectivity index (χ0v) is 14.3. The fourth-order valence-corrected chi connectivity index (χ4v) is 2.47. The summed E-state index contributed by atoms with van der Waals surface area (Å²) in [6.45, 7) is 3.67. The van der Waals surface area contributed by atoms with Gasteiger partial charge < -0.3 is 18.7 Å². The molecule has 0 N–H and O–H groups in total. The Kier molecular flexibility index (Phi) is 5.07. The fourth-order valence-electron chi connectivity index (χ4n) is 1.92. The first-order valence-corrected chi connectivity index (χ1v) is 7.27. The minimum absolute atomic E-state index is 0.0979. The summed E-state index contributed by atoms with van der Waals surface area (Å²) in [4.78, 5) is 12.2. The highest BCUT2D eigenvalue weighted by atomic mass is 79.9. The maximum absolute atomic E-state index is 12.2. The third-order valence-electron chi connectivity index (χ3n) is 3.21. The van der Waals surface area contributed by atoms with E-state index < -0.39 is 5.97 Å². The van der Waals surface area contributed by atoms with E-state index in [9.17, 15) is 4.79 Å². The van der Waals surface area contributed by atoms with Crippen molar-refractivity contribution in [3.05, 3.63) is 39.2 Å². The van der Waals surface area contributed by atoms with Gasteiger partial charge in [0.1, 0.15) is 28.3 Å². The molecule has 0 unspecified atom stereocenters. The van der Waals surface area contributed by atoms with Crippen LogP contribution in [0.3, 0.4) is 0 Å². The third kappa shape index (κ3) is 3.24. The molecule has 2 rings (SSSR count). The highest BCUT2D eigenvalue weighted by Crippen LogP contribution is 2.35. The van der Waals surface area contributed by atoms with Gasteiger partial charge in [-0.3, -0.25) is 0 Å². The van der Waals surface area contributed by atoms with Crippen LogP contribution >= 0.6 is 15.9 Å². The van der Waals surface area contributed by atoms with Crippen molar-refractivity contribution in [2.45, 2.75) is 20.5 Å². The maximum atomic E-state index is 12.2. The molecule has 2 aromatic rings. The van der Waals surface area contributed by atoms with Crippen molar-refractivity contribution in [3.63, 3.8) is 0 Å². The Bertz CT molecular complexity index is 651. The molecule has 1 aromatic heterocycles. The van der Waals surface area contributed by atoms with E-state index in [4.69, 9.17) is 18.7 Å². The van der Waals surface area contributed by atoms with Crippen LogP contribution in [0.5, 0.6) is 11.5 Å². The van der Waals surface area contributed by atoms with E-state index in [1.165, 1.54) is 14.2 Å². The van der Waals surface area contributed by atoms with Gasteiger partial charge in [0.15, 0.2) is 0 Å². The molecule has 0 aliphatic carbocycles. The largest absolute Gasteiger partial charge is 0.495 e. The van der Waals surface area contributed by atoms with Gasteiger partial charge in [-0.15, -0.1) is 0 Å². The highest BCUT2D eigenvalue weighted by molar-refractivity contribution is 9.10. The summed E-state index contributed by atoms with van der Waals surface area (Å²) >= 11 is 3.35. The number of aryl methyl sites for hydroxylation is 2. The molecule has 6 nitrogen and oxygen atoms in total. The number of hydrogen-bond donors (Lipinski definition) is 0. The number of ether oxygens (including phenoxy) is 3. The SMILES string of the molecule is COc1cc(C(=O)OCc2c(C)noc2C)cc(OC)c1Br. The number of hydrogen-bond acceptors (Lipinski definition) is 6. The third-order valence-corrected chi connectivity index (χ3v) is 3.99. The van der Waals surface area contributed by atoms with E-state index in [2.05, 4.69) is 21.1 Å². The number of aromatic nitrogens is 1. The minimum atomic E-state index is -0.482. The van der Waals surface area contributed by atoms with E-state index in [0.717, 1.165) is 5.56 Å². The Morgan fingerprint density at radius 2 is 1.82 bits per heavy atom. The number of rotatable bonds is 5. The second-order valence-electron chi connectivity index (χ2n) is 4.57. The van der Waals surface area contributed by atoms with Crippen LogP contribution < -0.4 is 9.47 Å². The Balaban J connectivity index is 2.19. The lowest BCUT2D eigenvalue weighted by molar-refractivity contribution is 0.0470. The molecular formula is C15H16BrNO5. The molecular weight excluding hydrogens is 354 g/mol. The molecule has 0 saturated carbocycles. The fraction of sp³-hybridized carbons (Fsp3) is 0.333. The lowest BCUT2D eigenvalue weighted by atomic mass is 10.2. The van der Waals surface area contributed by atoms with Crippen LogP contribution in [0.4, 0.5) is 0 Å². The van der Waals surface area contributed by atoms with Gasteiger partial charge in [-0.05, 0) is 41.9 Å². The highest BCUT2D eigenvalue weighted by Gasteiger charge is 2.17.